The van der Waals surface area contributed by atoms with Crippen LogP contribution >= 0.6 is 15.9 Å². The van der Waals surface area contributed by atoms with Gasteiger partial charge in [-0.2, -0.15) is 0 Å². The monoisotopic (exact) mass is 271 g/mol. The number of halogens is 2. The van der Waals surface area contributed by atoms with Gasteiger partial charge in [0.25, 0.3) is 0 Å². The normalized spacial score (nSPS) is 10.3. The summed E-state index contributed by atoms with van der Waals surface area (Å²) in [6, 6.07) is 6.25. The first kappa shape index (κ1) is 10.2. The minimum Gasteiger partial charge on any atom is -0.485 e. The Labute approximate surface area is 94.0 Å². The van der Waals surface area contributed by atoms with E-state index in [2.05, 4.69) is 21.1 Å². The molecule has 0 atom stereocenters. The highest BCUT2D eigenvalue weighted by Crippen LogP contribution is 2.21. The van der Waals surface area contributed by atoms with Crippen LogP contribution in [0.3, 0.4) is 0 Å². The molecule has 0 aliphatic rings. The fourth-order valence-electron chi connectivity index (χ4n) is 1.04. The van der Waals surface area contributed by atoms with E-state index >= 15 is 0 Å². The highest BCUT2D eigenvalue weighted by molar-refractivity contribution is 9.10. The Morgan fingerprint density at radius 1 is 1.40 bits per heavy atom. The highest BCUT2D eigenvalue weighted by Gasteiger charge is 2.03. The van der Waals surface area contributed by atoms with E-state index in [9.17, 15) is 4.39 Å². The molecule has 5 heteroatoms. The van der Waals surface area contributed by atoms with Crippen LogP contribution in [0.4, 0.5) is 4.39 Å². The van der Waals surface area contributed by atoms with Crippen LogP contribution in [-0.2, 0) is 6.61 Å². The summed E-state index contributed by atoms with van der Waals surface area (Å²) in [5, 5.41) is 3.53. The van der Waals surface area contributed by atoms with Crippen LogP contribution in [0.1, 0.15) is 5.76 Å². The van der Waals surface area contributed by atoms with Crippen molar-refractivity contribution in [3.63, 3.8) is 0 Å². The van der Waals surface area contributed by atoms with Crippen LogP contribution in [0.2, 0.25) is 0 Å². The van der Waals surface area contributed by atoms with Gasteiger partial charge >= 0.3 is 0 Å². The van der Waals surface area contributed by atoms with Crippen LogP contribution in [0, 0.1) is 5.82 Å². The van der Waals surface area contributed by atoms with Crippen molar-refractivity contribution < 1.29 is 13.7 Å². The first-order valence-corrected chi connectivity index (χ1v) is 5.02. The Balaban J connectivity index is 2.02. The van der Waals surface area contributed by atoms with Crippen molar-refractivity contribution in [2.75, 3.05) is 0 Å². The predicted molar refractivity (Wildman–Crippen MR) is 54.9 cm³/mol. The zero-order chi connectivity index (χ0) is 10.7. The van der Waals surface area contributed by atoms with Crippen LogP contribution in [0.5, 0.6) is 5.75 Å². The molecule has 1 heterocycles. The summed E-state index contributed by atoms with van der Waals surface area (Å²) in [5.41, 5.74) is 0. The van der Waals surface area contributed by atoms with Gasteiger partial charge in [0, 0.05) is 12.1 Å². The molecule has 1 aromatic heterocycles. The predicted octanol–water partition coefficient (Wildman–Crippen LogP) is 3.16. The fourth-order valence-corrected chi connectivity index (χ4v) is 1.28. The molecule has 0 amide bonds. The van der Waals surface area contributed by atoms with Gasteiger partial charge in [0.2, 0.25) is 0 Å². The molecule has 2 rings (SSSR count). The van der Waals surface area contributed by atoms with Crippen molar-refractivity contribution >= 4 is 15.9 Å². The van der Waals surface area contributed by atoms with Crippen LogP contribution in [0.25, 0.3) is 0 Å². The van der Waals surface area contributed by atoms with Gasteiger partial charge in [-0.05, 0) is 28.1 Å². The molecule has 1 aromatic carbocycles. The van der Waals surface area contributed by atoms with Crippen LogP contribution in [-0.4, -0.2) is 5.16 Å². The van der Waals surface area contributed by atoms with Gasteiger partial charge in [-0.1, -0.05) is 5.16 Å². The molecule has 0 unspecified atom stereocenters. The molecule has 0 saturated carbocycles. The molecule has 2 aromatic rings. The summed E-state index contributed by atoms with van der Waals surface area (Å²) in [5.74, 6) is 0.690. The number of nitrogens with zero attached hydrogens (tertiary/aromatic N) is 1. The molecule has 0 radical (unpaired) electrons. The maximum Gasteiger partial charge on any atom is 0.174 e. The van der Waals surface area contributed by atoms with E-state index in [-0.39, 0.29) is 12.4 Å². The average molecular weight is 272 g/mol. The first-order valence-electron chi connectivity index (χ1n) is 4.23. The quantitative estimate of drug-likeness (QED) is 0.860. The van der Waals surface area contributed by atoms with E-state index in [1.165, 1.54) is 12.3 Å². The molecule has 3 nitrogen and oxygen atoms in total. The average Bonchev–Trinajstić information content (AvgIpc) is 2.73. The van der Waals surface area contributed by atoms with Crippen molar-refractivity contribution in [3.8, 4) is 5.75 Å². The van der Waals surface area contributed by atoms with E-state index in [0.29, 0.717) is 16.0 Å². The van der Waals surface area contributed by atoms with Gasteiger partial charge in [0.05, 0.1) is 10.7 Å². The number of hydrogen-bond acceptors (Lipinski definition) is 3. The Bertz CT molecular complexity index is 445. The maximum absolute atomic E-state index is 13.1. The zero-order valence-electron chi connectivity index (χ0n) is 7.61. The van der Waals surface area contributed by atoms with Crippen molar-refractivity contribution in [2.24, 2.45) is 0 Å². The number of ether oxygens (including phenoxy) is 1. The van der Waals surface area contributed by atoms with Crippen LogP contribution in [0.15, 0.2) is 39.5 Å². The number of aromatic nitrogens is 1. The molecule has 78 valence electrons. The summed E-state index contributed by atoms with van der Waals surface area (Å²) in [7, 11) is 0. The van der Waals surface area contributed by atoms with Gasteiger partial charge in [0.1, 0.15) is 18.2 Å². The molecule has 0 saturated heterocycles. The Kier molecular flexibility index (Phi) is 3.01. The van der Waals surface area contributed by atoms with Gasteiger partial charge in [-0.15, -0.1) is 0 Å². The van der Waals surface area contributed by atoms with Crippen molar-refractivity contribution in [2.45, 2.75) is 6.61 Å². The Hall–Kier alpha value is -1.36. The standard InChI is InChI=1S/C10H7BrFNO2/c11-9-2-1-7(5-10(9)12)14-6-8-3-4-13-15-8/h1-5H,6H2. The third-order valence-corrected chi connectivity index (χ3v) is 2.41. The summed E-state index contributed by atoms with van der Waals surface area (Å²) in [4.78, 5) is 0. The largest absolute Gasteiger partial charge is 0.485 e. The number of benzene rings is 1. The van der Waals surface area contributed by atoms with E-state index in [1.807, 2.05) is 0 Å². The third-order valence-electron chi connectivity index (χ3n) is 1.76. The van der Waals surface area contributed by atoms with Gasteiger partial charge in [-0.25, -0.2) is 4.39 Å². The van der Waals surface area contributed by atoms with Crippen molar-refractivity contribution in [1.82, 2.24) is 5.16 Å². The maximum atomic E-state index is 13.1. The van der Waals surface area contributed by atoms with E-state index < -0.39 is 0 Å². The second-order valence-corrected chi connectivity index (χ2v) is 3.70. The smallest absolute Gasteiger partial charge is 0.174 e. The zero-order valence-corrected chi connectivity index (χ0v) is 9.20. The van der Waals surface area contributed by atoms with E-state index in [0.717, 1.165) is 0 Å². The lowest BCUT2D eigenvalue weighted by Gasteiger charge is -2.03. The summed E-state index contributed by atoms with van der Waals surface area (Å²) in [6.45, 7) is 0.237. The van der Waals surface area contributed by atoms with Crippen molar-refractivity contribution in [1.29, 1.82) is 0 Å². The Morgan fingerprint density at radius 3 is 2.93 bits per heavy atom. The fraction of sp³-hybridized carbons (Fsp3) is 0.100. The second kappa shape index (κ2) is 4.44. The minimum atomic E-state index is -0.356. The number of rotatable bonds is 3. The molecule has 0 spiro atoms. The molecule has 15 heavy (non-hydrogen) atoms. The van der Waals surface area contributed by atoms with E-state index in [1.54, 1.807) is 18.2 Å². The summed E-state index contributed by atoms with van der Waals surface area (Å²) >= 11 is 3.06. The Morgan fingerprint density at radius 2 is 2.27 bits per heavy atom. The molecular weight excluding hydrogens is 265 g/mol. The van der Waals surface area contributed by atoms with Gasteiger partial charge in [0.15, 0.2) is 5.76 Å². The van der Waals surface area contributed by atoms with Gasteiger partial charge < -0.3 is 9.26 Å². The lowest BCUT2D eigenvalue weighted by molar-refractivity contribution is 0.248. The summed E-state index contributed by atoms with van der Waals surface area (Å²) in [6.07, 6.45) is 1.53. The molecule has 0 aliphatic carbocycles. The van der Waals surface area contributed by atoms with Crippen molar-refractivity contribution in [3.05, 3.63) is 46.5 Å². The first-order chi connectivity index (χ1) is 7.25. The SMILES string of the molecule is Fc1cc(OCc2ccno2)ccc1Br. The molecule has 0 fully saturated rings. The summed E-state index contributed by atoms with van der Waals surface area (Å²) < 4.78 is 23.6. The molecule has 0 aliphatic heterocycles. The second-order valence-electron chi connectivity index (χ2n) is 2.84. The third kappa shape index (κ3) is 2.56. The molecule has 0 bridgehead atoms. The minimum absolute atomic E-state index is 0.237. The highest BCUT2D eigenvalue weighted by atomic mass is 79.9. The molecular formula is C10H7BrFNO2. The van der Waals surface area contributed by atoms with Crippen LogP contribution < -0.4 is 4.74 Å². The lowest BCUT2D eigenvalue weighted by Crippen LogP contribution is -1.94. The number of hydrogen-bond donors (Lipinski definition) is 0. The van der Waals surface area contributed by atoms with E-state index in [4.69, 9.17) is 9.26 Å². The molecule has 0 N–H and O–H groups in total. The topological polar surface area (TPSA) is 35.3 Å². The van der Waals surface area contributed by atoms with Gasteiger partial charge in [-0.3, -0.25) is 0 Å². The lowest BCUT2D eigenvalue weighted by atomic mass is 10.3.